The van der Waals surface area contributed by atoms with E-state index in [1.165, 1.54) is 0 Å². The highest BCUT2D eigenvalue weighted by Crippen LogP contribution is 2.47. The van der Waals surface area contributed by atoms with E-state index in [2.05, 4.69) is 0 Å². The summed E-state index contributed by atoms with van der Waals surface area (Å²) in [4.78, 5) is 12.5. The van der Waals surface area contributed by atoms with Crippen LogP contribution in [-0.4, -0.2) is 23.8 Å². The predicted molar refractivity (Wildman–Crippen MR) is 91.9 cm³/mol. The number of methoxy groups -OCH3 is 1. The lowest BCUT2D eigenvalue weighted by Crippen LogP contribution is -2.34. The van der Waals surface area contributed by atoms with Gasteiger partial charge in [-0.25, -0.2) is 4.79 Å². The Morgan fingerprint density at radius 2 is 1.92 bits per heavy atom. The molecule has 1 aromatic carbocycles. The Kier molecular flexibility index (Phi) is 4.88. The molecule has 0 amide bonds. The molecule has 1 spiro atoms. The molecule has 1 aliphatic carbocycles. The SMILES string of the molecule is CO[C@H](c1ccccc1Cl)[C@H](C)C1=C(O)C2(CCCCC2)OC1=O. The summed E-state index contributed by atoms with van der Waals surface area (Å²) in [6.07, 6.45) is 3.96. The molecular formula is C19H23ClO4. The predicted octanol–water partition coefficient (Wildman–Crippen LogP) is 4.74. The summed E-state index contributed by atoms with van der Waals surface area (Å²) in [5.41, 5.74) is 0.299. The maximum atomic E-state index is 12.5. The molecular weight excluding hydrogens is 328 g/mol. The van der Waals surface area contributed by atoms with Crippen LogP contribution in [0.4, 0.5) is 0 Å². The first kappa shape index (κ1) is 17.3. The van der Waals surface area contributed by atoms with E-state index in [1.54, 1.807) is 13.2 Å². The standard InChI is InChI=1S/C19H23ClO4/c1-12(16(23-2)13-8-4-5-9-14(13)20)15-17(21)19(24-18(15)22)10-6-3-7-11-19/h4-5,8-9,12,16,21H,3,6-7,10-11H2,1-2H3/t12-,16+/m1/s1. The van der Waals surface area contributed by atoms with Crippen LogP contribution in [0.25, 0.3) is 0 Å². The van der Waals surface area contributed by atoms with Crippen molar-refractivity contribution >= 4 is 17.6 Å². The smallest absolute Gasteiger partial charge is 0.338 e. The third kappa shape index (κ3) is 2.82. The van der Waals surface area contributed by atoms with E-state index in [9.17, 15) is 9.90 Å². The molecule has 1 saturated carbocycles. The third-order valence-corrected chi connectivity index (χ3v) is 5.58. The van der Waals surface area contributed by atoms with Gasteiger partial charge in [0.15, 0.2) is 5.60 Å². The zero-order valence-corrected chi connectivity index (χ0v) is 14.8. The van der Waals surface area contributed by atoms with Crippen LogP contribution in [0.3, 0.4) is 0 Å². The second-order valence-electron chi connectivity index (χ2n) is 6.67. The molecule has 0 aromatic heterocycles. The van der Waals surface area contributed by atoms with Gasteiger partial charge in [0.2, 0.25) is 0 Å². The summed E-state index contributed by atoms with van der Waals surface area (Å²) in [5.74, 6) is -0.700. The summed E-state index contributed by atoms with van der Waals surface area (Å²) in [6, 6.07) is 7.39. The molecule has 2 atom stereocenters. The highest BCUT2D eigenvalue weighted by Gasteiger charge is 2.50. The average molecular weight is 351 g/mol. The summed E-state index contributed by atoms with van der Waals surface area (Å²) in [5, 5.41) is 11.4. The van der Waals surface area contributed by atoms with Crippen LogP contribution in [0.2, 0.25) is 5.02 Å². The van der Waals surface area contributed by atoms with Gasteiger partial charge in [0.25, 0.3) is 0 Å². The van der Waals surface area contributed by atoms with E-state index in [1.807, 2.05) is 25.1 Å². The number of carbonyl (C=O) groups excluding carboxylic acids is 1. The molecule has 2 aliphatic rings. The van der Waals surface area contributed by atoms with Gasteiger partial charge in [-0.3, -0.25) is 0 Å². The fourth-order valence-corrected chi connectivity index (χ4v) is 4.19. The Labute approximate surface area is 147 Å². The number of benzene rings is 1. The lowest BCUT2D eigenvalue weighted by molar-refractivity contribution is -0.151. The van der Waals surface area contributed by atoms with Crippen LogP contribution in [0, 0.1) is 5.92 Å². The van der Waals surface area contributed by atoms with Crippen LogP contribution < -0.4 is 0 Å². The Balaban J connectivity index is 1.96. The molecule has 4 nitrogen and oxygen atoms in total. The molecule has 0 radical (unpaired) electrons. The largest absolute Gasteiger partial charge is 0.507 e. The maximum Gasteiger partial charge on any atom is 0.338 e. The van der Waals surface area contributed by atoms with Gasteiger partial charge in [-0.15, -0.1) is 0 Å². The van der Waals surface area contributed by atoms with Gasteiger partial charge in [-0.2, -0.15) is 0 Å². The maximum absolute atomic E-state index is 12.5. The van der Waals surface area contributed by atoms with Crippen molar-refractivity contribution < 1.29 is 19.4 Å². The summed E-state index contributed by atoms with van der Waals surface area (Å²) in [7, 11) is 1.58. The summed E-state index contributed by atoms with van der Waals surface area (Å²) in [6.45, 7) is 1.87. The summed E-state index contributed by atoms with van der Waals surface area (Å²) >= 11 is 6.29. The first-order valence-electron chi connectivity index (χ1n) is 8.44. The van der Waals surface area contributed by atoms with Crippen LogP contribution in [0.1, 0.15) is 50.7 Å². The molecule has 0 saturated heterocycles. The van der Waals surface area contributed by atoms with E-state index < -0.39 is 17.7 Å². The van der Waals surface area contributed by atoms with Crippen molar-refractivity contribution in [2.45, 2.75) is 50.7 Å². The summed E-state index contributed by atoms with van der Waals surface area (Å²) < 4.78 is 11.3. The quantitative estimate of drug-likeness (QED) is 0.797. The van der Waals surface area contributed by atoms with Gasteiger partial charge in [0.05, 0.1) is 11.7 Å². The molecule has 1 aromatic rings. The highest BCUT2D eigenvalue weighted by molar-refractivity contribution is 6.31. The Hall–Kier alpha value is -1.52. The molecule has 1 N–H and O–H groups in total. The minimum atomic E-state index is -0.822. The van der Waals surface area contributed by atoms with Crippen LogP contribution in [0.5, 0.6) is 0 Å². The van der Waals surface area contributed by atoms with Gasteiger partial charge in [-0.05, 0) is 37.3 Å². The van der Waals surface area contributed by atoms with Crippen LogP contribution in [0.15, 0.2) is 35.6 Å². The Bertz CT molecular complexity index is 661. The highest BCUT2D eigenvalue weighted by atomic mass is 35.5. The number of hydrogen-bond acceptors (Lipinski definition) is 4. The van der Waals surface area contributed by atoms with Gasteiger partial charge < -0.3 is 14.6 Å². The number of esters is 1. The van der Waals surface area contributed by atoms with Gasteiger partial charge in [-0.1, -0.05) is 43.1 Å². The molecule has 24 heavy (non-hydrogen) atoms. The van der Waals surface area contributed by atoms with Gasteiger partial charge in [0.1, 0.15) is 5.76 Å². The molecule has 0 bridgehead atoms. The van der Waals surface area contributed by atoms with E-state index >= 15 is 0 Å². The number of halogens is 1. The van der Waals surface area contributed by atoms with Crippen LogP contribution in [-0.2, 0) is 14.3 Å². The molecule has 3 rings (SSSR count). The molecule has 1 fully saturated rings. The van der Waals surface area contributed by atoms with E-state index in [-0.39, 0.29) is 11.7 Å². The van der Waals surface area contributed by atoms with Crippen LogP contribution >= 0.6 is 11.6 Å². The van der Waals surface area contributed by atoms with Crippen molar-refractivity contribution in [3.63, 3.8) is 0 Å². The fraction of sp³-hybridized carbons (Fsp3) is 0.526. The first-order valence-corrected chi connectivity index (χ1v) is 8.82. The minimum Gasteiger partial charge on any atom is -0.507 e. The third-order valence-electron chi connectivity index (χ3n) is 5.23. The molecule has 1 heterocycles. The number of carbonyl (C=O) groups is 1. The lowest BCUT2D eigenvalue weighted by atomic mass is 9.81. The Morgan fingerprint density at radius 3 is 2.54 bits per heavy atom. The van der Waals surface area contributed by atoms with Crippen molar-refractivity contribution in [1.82, 2.24) is 0 Å². The topological polar surface area (TPSA) is 55.8 Å². The van der Waals surface area contributed by atoms with Crippen molar-refractivity contribution in [1.29, 1.82) is 0 Å². The van der Waals surface area contributed by atoms with Crippen molar-refractivity contribution in [2.24, 2.45) is 5.92 Å². The molecule has 5 heteroatoms. The zero-order chi connectivity index (χ0) is 17.3. The van der Waals surface area contributed by atoms with Gasteiger partial charge >= 0.3 is 5.97 Å². The van der Waals surface area contributed by atoms with Crippen molar-refractivity contribution in [2.75, 3.05) is 7.11 Å². The van der Waals surface area contributed by atoms with Crippen molar-refractivity contribution in [3.8, 4) is 0 Å². The first-order chi connectivity index (χ1) is 11.5. The fourth-order valence-electron chi connectivity index (χ4n) is 3.94. The van der Waals surface area contributed by atoms with E-state index in [4.69, 9.17) is 21.1 Å². The zero-order valence-electron chi connectivity index (χ0n) is 14.0. The number of aliphatic hydroxyl groups excluding tert-OH is 1. The second kappa shape index (κ2) is 6.77. The average Bonchev–Trinajstić information content (AvgIpc) is 2.80. The van der Waals surface area contributed by atoms with E-state index in [0.717, 1.165) is 24.8 Å². The monoisotopic (exact) mass is 350 g/mol. The normalized spacial score (nSPS) is 22.5. The number of rotatable bonds is 4. The molecule has 130 valence electrons. The van der Waals surface area contributed by atoms with E-state index in [0.29, 0.717) is 23.4 Å². The number of hydrogen-bond donors (Lipinski definition) is 1. The number of ether oxygens (including phenoxy) is 2. The molecule has 1 aliphatic heterocycles. The second-order valence-corrected chi connectivity index (χ2v) is 7.08. The molecule has 0 unspecified atom stereocenters. The Morgan fingerprint density at radius 1 is 1.25 bits per heavy atom. The van der Waals surface area contributed by atoms with Gasteiger partial charge in [0, 0.05) is 18.1 Å². The number of aliphatic hydroxyl groups is 1. The minimum absolute atomic E-state index is 0.0915. The lowest BCUT2D eigenvalue weighted by Gasteiger charge is -2.31. The van der Waals surface area contributed by atoms with Crippen molar-refractivity contribution in [3.05, 3.63) is 46.2 Å².